The summed E-state index contributed by atoms with van der Waals surface area (Å²) in [6.07, 6.45) is 11.7. The van der Waals surface area contributed by atoms with E-state index in [9.17, 15) is 38.7 Å². The van der Waals surface area contributed by atoms with Gasteiger partial charge >= 0.3 is 23.8 Å². The lowest BCUT2D eigenvalue weighted by Crippen LogP contribution is -2.52. The van der Waals surface area contributed by atoms with Gasteiger partial charge in [-0.05, 0) is 134 Å². The fourth-order valence-electron chi connectivity index (χ4n) is 11.2. The van der Waals surface area contributed by atoms with E-state index < -0.39 is 71.4 Å². The summed E-state index contributed by atoms with van der Waals surface area (Å²) >= 11 is 12.2. The van der Waals surface area contributed by atoms with Gasteiger partial charge in [-0.1, -0.05) is 84.4 Å². The van der Waals surface area contributed by atoms with Crippen LogP contribution in [0.25, 0.3) is 21.8 Å². The average molecular weight is 1240 g/mol. The number of amides is 4. The maximum absolute atomic E-state index is 13.2. The van der Waals surface area contributed by atoms with E-state index in [-0.39, 0.29) is 23.4 Å². The molecule has 0 fully saturated rings. The van der Waals surface area contributed by atoms with Gasteiger partial charge in [0.05, 0.1) is 69.3 Å². The number of carbonyl (C=O) groups is 7. The molecule has 458 valence electrons. The van der Waals surface area contributed by atoms with Crippen LogP contribution in [0.15, 0.2) is 140 Å². The van der Waals surface area contributed by atoms with E-state index in [1.165, 1.54) is 44.3 Å². The van der Waals surface area contributed by atoms with Crippen LogP contribution >= 0.6 is 23.2 Å². The standard InChI is InChI=1S/C23H21ClN2O5.C23H20N2O4.C22H24ClN3O3/c1-30-22(28)14-9-7-13(8-10-14)21-20-16(15-5-3-4-6-17(15)25-20)11-18(23(29)31-2)26(21)19(27)12-24;1-3-20(27)25-16(13-26)12-18-17-6-4-5-7-19(17)24-21(18)22(25)14-8-10-15(11-9-14)23(28)29-2;1-6-19(27)26(16-11-12-18(29-5)17(23)13-16)20(21(28)25-22(2,3)4)14-7-9-15(24)10-8-14/h3-10,18,21,25H,11-12H2,1-2H3;1,4-11,16,22,24,26H,12-13H2,2H3;1,7-13,20H,24H2,2-5H3,(H,25,28)/t18-,21?;16-,22?;/m11./s1. The topological polar surface area (TPSA) is 256 Å². The number of hydrogen-bond donors (Lipinski definition) is 5. The first-order valence-electron chi connectivity index (χ1n) is 27.9. The van der Waals surface area contributed by atoms with Gasteiger partial charge in [-0.2, -0.15) is 0 Å². The molecule has 0 radical (unpaired) electrons. The average Bonchev–Trinajstić information content (AvgIpc) is 1.71. The van der Waals surface area contributed by atoms with Gasteiger partial charge in [0, 0.05) is 56.5 Å². The molecule has 0 aliphatic carbocycles. The van der Waals surface area contributed by atoms with Crippen LogP contribution < -0.4 is 20.7 Å². The SMILES string of the molecule is C#CC(=O)N(c1ccc(OC)c(Cl)c1)C(C(=O)NC(C)(C)C)c1ccc(N)cc1.C#CC(=O)N1C(c2ccc(C(=O)OC)cc2)c2[nH]c3ccccc3c2C[C@@H]1CO.COC(=O)c1ccc(C2c3[nH]c4ccccc4c3C[C@H](C(=O)OC)N2C(=O)CCl)cc1. The van der Waals surface area contributed by atoms with Crippen molar-refractivity contribution in [3.05, 3.63) is 195 Å². The molecule has 4 amide bonds. The number of nitrogens with one attached hydrogen (secondary N) is 3. The smallest absolute Gasteiger partial charge is 0.337 e. The monoisotopic (exact) mass is 1240 g/mol. The van der Waals surface area contributed by atoms with Crippen molar-refractivity contribution in [2.24, 2.45) is 0 Å². The number of aliphatic hydroxyl groups excluding tert-OH is 1. The molecule has 0 spiro atoms. The Hall–Kier alpha value is -10.1. The highest BCUT2D eigenvalue weighted by atomic mass is 35.5. The van der Waals surface area contributed by atoms with Gasteiger partial charge < -0.3 is 54.9 Å². The lowest BCUT2D eigenvalue weighted by atomic mass is 9.87. The molecule has 89 heavy (non-hydrogen) atoms. The van der Waals surface area contributed by atoms with Gasteiger partial charge in [0.25, 0.3) is 5.91 Å². The molecule has 5 atom stereocenters. The van der Waals surface area contributed by atoms with Gasteiger partial charge in [-0.15, -0.1) is 24.4 Å². The van der Waals surface area contributed by atoms with Gasteiger partial charge in [0.1, 0.15) is 23.7 Å². The number of aliphatic hydroxyl groups is 1. The van der Waals surface area contributed by atoms with Crippen LogP contribution in [-0.4, -0.2) is 125 Å². The highest BCUT2D eigenvalue weighted by Gasteiger charge is 2.44. The molecule has 6 aromatic carbocycles. The zero-order valence-corrected chi connectivity index (χ0v) is 51.3. The minimum atomic E-state index is -1.03. The Morgan fingerprint density at radius 3 is 1.67 bits per heavy atom. The van der Waals surface area contributed by atoms with Crippen LogP contribution in [0.4, 0.5) is 11.4 Å². The van der Waals surface area contributed by atoms with E-state index >= 15 is 0 Å². The summed E-state index contributed by atoms with van der Waals surface area (Å²) in [4.78, 5) is 99.0. The molecule has 4 heterocycles. The van der Waals surface area contributed by atoms with Crippen molar-refractivity contribution >= 4 is 97.9 Å². The number of halogens is 2. The number of alkyl halides is 1. The Balaban J connectivity index is 0.000000173. The van der Waals surface area contributed by atoms with Crippen molar-refractivity contribution in [1.82, 2.24) is 25.1 Å². The molecule has 2 aliphatic rings. The van der Waals surface area contributed by atoms with Crippen molar-refractivity contribution in [1.29, 1.82) is 0 Å². The third-order valence-electron chi connectivity index (χ3n) is 15.1. The van der Waals surface area contributed by atoms with Crippen LogP contribution in [0.2, 0.25) is 5.02 Å². The molecule has 2 aliphatic heterocycles. The minimum Gasteiger partial charge on any atom is -0.495 e. The van der Waals surface area contributed by atoms with Gasteiger partial charge in [-0.25, -0.2) is 14.4 Å². The van der Waals surface area contributed by atoms with Crippen LogP contribution in [0.5, 0.6) is 5.75 Å². The molecule has 8 aromatic rings. The van der Waals surface area contributed by atoms with Gasteiger partial charge in [0.15, 0.2) is 0 Å². The quantitative estimate of drug-likeness (QED) is 0.0252. The summed E-state index contributed by atoms with van der Waals surface area (Å²) in [6, 6.07) is 37.4. The number of carbonyl (C=O) groups excluding carboxylic acids is 7. The summed E-state index contributed by atoms with van der Waals surface area (Å²) in [5.41, 5.74) is 14.6. The third-order valence-corrected chi connectivity index (χ3v) is 15.6. The fourth-order valence-corrected chi connectivity index (χ4v) is 11.5. The van der Waals surface area contributed by atoms with Crippen LogP contribution in [-0.2, 0) is 51.0 Å². The van der Waals surface area contributed by atoms with E-state index in [0.717, 1.165) is 55.4 Å². The van der Waals surface area contributed by atoms with Crippen molar-refractivity contribution in [2.45, 2.75) is 69.4 Å². The van der Waals surface area contributed by atoms with E-state index in [2.05, 4.69) is 27.1 Å². The number of hydrogen-bond acceptors (Lipinski definition) is 13. The minimum absolute atomic E-state index is 0.205. The van der Waals surface area contributed by atoms with Crippen LogP contribution in [0, 0.1) is 24.7 Å². The number of terminal acetylenes is 2. The summed E-state index contributed by atoms with van der Waals surface area (Å²) in [5, 5.41) is 15.3. The second-order valence-electron chi connectivity index (χ2n) is 21.7. The number of anilines is 2. The summed E-state index contributed by atoms with van der Waals surface area (Å²) < 4.78 is 19.7. The van der Waals surface area contributed by atoms with E-state index in [1.54, 1.807) is 89.8 Å². The Morgan fingerprint density at radius 1 is 0.708 bits per heavy atom. The van der Waals surface area contributed by atoms with Crippen LogP contribution in [0.1, 0.15) is 98.8 Å². The number of rotatable bonds is 12. The second-order valence-corrected chi connectivity index (χ2v) is 22.4. The first-order valence-corrected chi connectivity index (χ1v) is 28.8. The molecule has 3 unspecified atom stereocenters. The van der Waals surface area contributed by atoms with E-state index in [1.807, 2.05) is 69.3 Å². The Kier molecular flexibility index (Phi) is 20.6. The number of nitrogens with zero attached hydrogens (tertiary/aromatic N) is 3. The molecule has 0 saturated carbocycles. The number of benzene rings is 6. The number of aromatic nitrogens is 2. The van der Waals surface area contributed by atoms with E-state index in [4.69, 9.17) is 60.7 Å². The van der Waals surface area contributed by atoms with Crippen molar-refractivity contribution in [2.75, 3.05) is 51.6 Å². The van der Waals surface area contributed by atoms with Crippen molar-refractivity contribution in [3.8, 4) is 30.4 Å². The molecular weight excluding hydrogens is 1180 g/mol. The number of para-hydroxylation sites is 2. The Bertz CT molecular complexity index is 4050. The number of fused-ring (bicyclic) bond motifs is 6. The molecule has 2 aromatic heterocycles. The molecule has 21 heteroatoms. The number of nitrogens with two attached hydrogens (primary N) is 1. The largest absolute Gasteiger partial charge is 0.495 e. The number of aromatic amines is 2. The molecule has 0 bridgehead atoms. The predicted octanol–water partition coefficient (Wildman–Crippen LogP) is 9.18. The van der Waals surface area contributed by atoms with E-state index in [0.29, 0.717) is 46.7 Å². The second kappa shape index (κ2) is 28.2. The lowest BCUT2D eigenvalue weighted by Gasteiger charge is -2.40. The Labute approximate surface area is 524 Å². The number of nitrogen functional groups attached to an aromatic ring is 1. The number of ether oxygens (including phenoxy) is 4. The van der Waals surface area contributed by atoms with Gasteiger partial charge in [0.2, 0.25) is 11.8 Å². The summed E-state index contributed by atoms with van der Waals surface area (Å²) in [6.45, 7) is 5.34. The summed E-state index contributed by atoms with van der Waals surface area (Å²) in [7, 11) is 5.43. The predicted molar refractivity (Wildman–Crippen MR) is 339 cm³/mol. The van der Waals surface area contributed by atoms with Crippen molar-refractivity contribution < 1.29 is 57.6 Å². The lowest BCUT2D eigenvalue weighted by molar-refractivity contribution is -0.154. The van der Waals surface area contributed by atoms with Crippen LogP contribution in [0.3, 0.4) is 0 Å². The first-order chi connectivity index (χ1) is 42.6. The number of methoxy groups -OCH3 is 4. The highest BCUT2D eigenvalue weighted by Crippen LogP contribution is 2.43. The zero-order valence-electron chi connectivity index (χ0n) is 49.8. The molecule has 10 rings (SSSR count). The fraction of sp³-hybridized carbons (Fsp3) is 0.250. The number of esters is 3. The van der Waals surface area contributed by atoms with Gasteiger partial charge in [-0.3, -0.25) is 24.1 Å². The Morgan fingerprint density at radius 2 is 1.22 bits per heavy atom. The normalized spacial score (nSPS) is 16.0. The molecule has 0 saturated heterocycles. The molecule has 19 nitrogen and oxygen atoms in total. The first kappa shape index (κ1) is 64.9. The highest BCUT2D eigenvalue weighted by molar-refractivity contribution is 6.32. The molecule has 6 N–H and O–H groups in total. The maximum atomic E-state index is 13.2. The maximum Gasteiger partial charge on any atom is 0.337 e. The molecular formula is C68H65Cl2N7O12. The third kappa shape index (κ3) is 13.9. The summed E-state index contributed by atoms with van der Waals surface area (Å²) in [5.74, 6) is 1.10. The zero-order chi connectivity index (χ0) is 64.4. The van der Waals surface area contributed by atoms with Crippen molar-refractivity contribution in [3.63, 3.8) is 0 Å². The number of H-pyrrole nitrogens is 2.